The lowest BCUT2D eigenvalue weighted by molar-refractivity contribution is 0.357. The minimum atomic E-state index is -1.05. The highest BCUT2D eigenvalue weighted by Crippen LogP contribution is 2.32. The van der Waals surface area contributed by atoms with Crippen molar-refractivity contribution in [2.24, 2.45) is 0 Å². The maximum absolute atomic E-state index is 12.6. The summed E-state index contributed by atoms with van der Waals surface area (Å²) >= 11 is 0. The Morgan fingerprint density at radius 1 is 1.08 bits per heavy atom. The molecular weight excluding hydrogens is 178 g/mol. The van der Waals surface area contributed by atoms with E-state index in [0.29, 0.717) is 0 Å². The Morgan fingerprint density at radius 2 is 1.54 bits per heavy atom. The molecule has 0 atom stereocenters. The monoisotopic (exact) mass is 190 g/mol. The predicted octanol–water partition coefficient (Wildman–Crippen LogP) is 2.71. The Morgan fingerprint density at radius 3 is 2.00 bits per heavy atom. The van der Waals surface area contributed by atoms with E-state index in [-0.39, 0.29) is 5.56 Å². The predicted molar refractivity (Wildman–Crippen MR) is 45.8 cm³/mol. The maximum atomic E-state index is 12.6. The fourth-order valence-corrected chi connectivity index (χ4v) is 0.726. The van der Waals surface area contributed by atoms with Crippen molar-refractivity contribution in [2.75, 3.05) is 0 Å². The summed E-state index contributed by atoms with van der Waals surface area (Å²) in [7, 11) is 0. The minimum Gasteiger partial charge on any atom is -0.502 e. The molecule has 0 spiro atoms. The number of hydrogen-bond acceptors (Lipinski definition) is 2. The molecule has 0 aliphatic heterocycles. The summed E-state index contributed by atoms with van der Waals surface area (Å²) in [5, 5.41) is 17.3. The number of phenolic OH excluding ortho intramolecular Hbond substituents is 2. The lowest BCUT2D eigenvalue weighted by atomic mass is 10.2. The maximum Gasteiger partial charge on any atom is 0.197 e. The van der Waals surface area contributed by atoms with Crippen molar-refractivity contribution in [3.63, 3.8) is 0 Å². The van der Waals surface area contributed by atoms with E-state index >= 15 is 0 Å². The quantitative estimate of drug-likeness (QED) is 0.617. The summed E-state index contributed by atoms with van der Waals surface area (Å²) < 4.78 is 25.0. The lowest BCUT2D eigenvalue weighted by Gasteiger charge is -2.02. The van der Waals surface area contributed by atoms with Gasteiger partial charge in [0.2, 0.25) is 0 Å². The number of hydrogen-bond donors (Lipinski definition) is 2. The number of rotatable bonds is 0. The van der Waals surface area contributed by atoms with Gasteiger partial charge in [-0.15, -0.1) is 0 Å². The first-order chi connectivity index (χ1) is 6.04. The van der Waals surface area contributed by atoms with Crippen LogP contribution in [-0.2, 0) is 0 Å². The topological polar surface area (TPSA) is 40.5 Å². The number of halogens is 2. The molecule has 0 aliphatic rings. The first kappa shape index (κ1) is 11.7. The van der Waals surface area contributed by atoms with Crippen molar-refractivity contribution in [3.8, 4) is 11.5 Å². The lowest BCUT2D eigenvalue weighted by Crippen LogP contribution is -1.87. The van der Waals surface area contributed by atoms with Crippen molar-refractivity contribution in [2.45, 2.75) is 20.8 Å². The van der Waals surface area contributed by atoms with Crippen LogP contribution in [0.4, 0.5) is 8.78 Å². The Balaban J connectivity index is 0.000000671. The molecule has 0 unspecified atom stereocenters. The Kier molecular flexibility index (Phi) is 4.17. The van der Waals surface area contributed by atoms with Gasteiger partial charge in [-0.05, 0) is 18.6 Å². The molecule has 4 heteroatoms. The number of phenols is 2. The third-order valence-corrected chi connectivity index (χ3v) is 1.35. The molecule has 0 aromatic heterocycles. The zero-order valence-electron chi connectivity index (χ0n) is 7.73. The van der Waals surface area contributed by atoms with Gasteiger partial charge in [0.25, 0.3) is 0 Å². The van der Waals surface area contributed by atoms with E-state index in [4.69, 9.17) is 10.2 Å². The fourth-order valence-electron chi connectivity index (χ4n) is 0.726. The summed E-state index contributed by atoms with van der Waals surface area (Å²) in [5.41, 5.74) is -0.0437. The van der Waals surface area contributed by atoms with Gasteiger partial charge >= 0.3 is 0 Å². The number of aryl methyl sites for hydroxylation is 1. The molecule has 0 radical (unpaired) electrons. The average Bonchev–Trinajstić information content (AvgIpc) is 2.15. The van der Waals surface area contributed by atoms with Crippen LogP contribution < -0.4 is 0 Å². The SMILES string of the molecule is CC.Cc1cc(F)c(O)c(O)c1F. The van der Waals surface area contributed by atoms with Crippen molar-refractivity contribution < 1.29 is 19.0 Å². The van der Waals surface area contributed by atoms with Crippen LogP contribution in [0.3, 0.4) is 0 Å². The summed E-state index contributed by atoms with van der Waals surface area (Å²) in [5.74, 6) is -4.11. The molecule has 2 nitrogen and oxygen atoms in total. The van der Waals surface area contributed by atoms with E-state index in [1.807, 2.05) is 13.8 Å². The average molecular weight is 190 g/mol. The number of aromatic hydroxyl groups is 2. The van der Waals surface area contributed by atoms with Crippen LogP contribution >= 0.6 is 0 Å². The summed E-state index contributed by atoms with van der Waals surface area (Å²) in [4.78, 5) is 0. The van der Waals surface area contributed by atoms with Gasteiger partial charge in [-0.25, -0.2) is 8.78 Å². The van der Waals surface area contributed by atoms with Gasteiger partial charge in [-0.3, -0.25) is 0 Å². The van der Waals surface area contributed by atoms with Gasteiger partial charge in [0.05, 0.1) is 0 Å². The van der Waals surface area contributed by atoms with Gasteiger partial charge < -0.3 is 10.2 Å². The normalized spacial score (nSPS) is 9.00. The minimum absolute atomic E-state index is 0.0437. The summed E-state index contributed by atoms with van der Waals surface area (Å²) in [6.07, 6.45) is 0. The van der Waals surface area contributed by atoms with E-state index in [2.05, 4.69) is 0 Å². The molecule has 1 aromatic carbocycles. The van der Waals surface area contributed by atoms with Crippen molar-refractivity contribution >= 4 is 0 Å². The molecule has 0 heterocycles. The Hall–Kier alpha value is -1.32. The van der Waals surface area contributed by atoms with E-state index in [0.717, 1.165) is 6.07 Å². The van der Waals surface area contributed by atoms with E-state index < -0.39 is 23.1 Å². The van der Waals surface area contributed by atoms with Crippen molar-refractivity contribution in [1.29, 1.82) is 0 Å². The molecule has 2 N–H and O–H groups in total. The standard InChI is InChI=1S/C7H6F2O2.C2H6/c1-3-2-4(8)6(10)7(11)5(3)9;1-2/h2,10-11H,1H3;1-2H3. The van der Waals surface area contributed by atoms with Crippen LogP contribution in [0.5, 0.6) is 11.5 Å². The molecule has 0 bridgehead atoms. The zero-order valence-corrected chi connectivity index (χ0v) is 7.73. The van der Waals surface area contributed by atoms with E-state index in [9.17, 15) is 8.78 Å². The zero-order chi connectivity index (χ0) is 10.6. The first-order valence-electron chi connectivity index (χ1n) is 3.90. The third kappa shape index (κ3) is 2.31. The van der Waals surface area contributed by atoms with Gasteiger partial charge in [-0.2, -0.15) is 0 Å². The van der Waals surface area contributed by atoms with Crippen LogP contribution in [-0.4, -0.2) is 10.2 Å². The molecule has 0 fully saturated rings. The highest BCUT2D eigenvalue weighted by molar-refractivity contribution is 5.43. The Bertz CT molecular complexity index is 272. The molecule has 13 heavy (non-hydrogen) atoms. The van der Waals surface area contributed by atoms with E-state index in [1.54, 1.807) is 0 Å². The van der Waals surface area contributed by atoms with Crippen molar-refractivity contribution in [3.05, 3.63) is 23.3 Å². The molecule has 0 saturated heterocycles. The Labute approximate surface area is 75.5 Å². The third-order valence-electron chi connectivity index (χ3n) is 1.35. The van der Waals surface area contributed by atoms with E-state index in [1.165, 1.54) is 6.92 Å². The van der Waals surface area contributed by atoms with Crippen LogP contribution in [0.15, 0.2) is 6.07 Å². The van der Waals surface area contributed by atoms with Crippen LogP contribution in [0, 0.1) is 18.6 Å². The second kappa shape index (κ2) is 4.64. The molecule has 0 amide bonds. The molecule has 1 aromatic rings. The highest BCUT2D eigenvalue weighted by Gasteiger charge is 2.14. The van der Waals surface area contributed by atoms with Crippen LogP contribution in [0.25, 0.3) is 0 Å². The van der Waals surface area contributed by atoms with Crippen LogP contribution in [0.1, 0.15) is 19.4 Å². The molecule has 0 saturated carbocycles. The summed E-state index contributed by atoms with van der Waals surface area (Å²) in [6, 6.07) is 0.810. The molecular formula is C9H12F2O2. The second-order valence-electron chi connectivity index (χ2n) is 2.19. The van der Waals surface area contributed by atoms with Gasteiger partial charge in [0.1, 0.15) is 0 Å². The summed E-state index contributed by atoms with van der Waals surface area (Å²) in [6.45, 7) is 5.29. The molecule has 74 valence electrons. The molecule has 1 rings (SSSR count). The van der Waals surface area contributed by atoms with Crippen molar-refractivity contribution in [1.82, 2.24) is 0 Å². The van der Waals surface area contributed by atoms with Gasteiger partial charge in [0.15, 0.2) is 23.1 Å². The molecule has 0 aliphatic carbocycles. The van der Waals surface area contributed by atoms with Crippen LogP contribution in [0.2, 0.25) is 0 Å². The van der Waals surface area contributed by atoms with Gasteiger partial charge in [0, 0.05) is 0 Å². The smallest absolute Gasteiger partial charge is 0.197 e. The number of benzene rings is 1. The second-order valence-corrected chi connectivity index (χ2v) is 2.19. The highest BCUT2D eigenvalue weighted by atomic mass is 19.1. The fraction of sp³-hybridized carbons (Fsp3) is 0.333. The van der Waals surface area contributed by atoms with Gasteiger partial charge in [-0.1, -0.05) is 13.8 Å². The largest absolute Gasteiger partial charge is 0.502 e. The first-order valence-corrected chi connectivity index (χ1v) is 3.90.